The molecule has 162 valence electrons. The highest BCUT2D eigenvalue weighted by atomic mass is 35.5. The van der Waals surface area contributed by atoms with Crippen LogP contribution in [0.25, 0.3) is 10.9 Å². The highest BCUT2D eigenvalue weighted by Crippen LogP contribution is 2.41. The maximum atomic E-state index is 13.9. The third-order valence-corrected chi connectivity index (χ3v) is 4.68. The zero-order valence-electron chi connectivity index (χ0n) is 14.4. The second-order valence-corrected chi connectivity index (χ2v) is 6.70. The number of hydrogen-bond donors (Lipinski definition) is 2. The molecule has 3 aromatic rings. The third-order valence-electron chi connectivity index (χ3n) is 3.52. The van der Waals surface area contributed by atoms with Gasteiger partial charge in [-0.2, -0.15) is 9.37 Å². The van der Waals surface area contributed by atoms with Gasteiger partial charge in [0, 0.05) is 22.2 Å². The summed E-state index contributed by atoms with van der Waals surface area (Å²) in [6.07, 6.45) is -3.64. The van der Waals surface area contributed by atoms with Crippen LogP contribution in [-0.4, -0.2) is 29.6 Å². The first kappa shape index (κ1) is 22.0. The van der Waals surface area contributed by atoms with E-state index in [9.17, 15) is 26.5 Å². The molecule has 0 saturated carbocycles. The Hall–Kier alpha value is -2.67. The van der Waals surface area contributed by atoms with Crippen molar-refractivity contribution < 1.29 is 40.9 Å². The smallest absolute Gasteiger partial charge is 0.486 e. The first-order valence-electron chi connectivity index (χ1n) is 7.89. The van der Waals surface area contributed by atoms with E-state index in [1.54, 1.807) is 0 Å². The van der Waals surface area contributed by atoms with Crippen LogP contribution in [0.1, 0.15) is 0 Å². The zero-order valence-corrected chi connectivity index (χ0v) is 16.0. The summed E-state index contributed by atoms with van der Waals surface area (Å²) >= 11 is 6.55. The minimum Gasteiger partial charge on any atom is -0.486 e. The van der Waals surface area contributed by atoms with Crippen LogP contribution in [0.5, 0.6) is 17.2 Å². The second kappa shape index (κ2) is 9.00. The summed E-state index contributed by atoms with van der Waals surface area (Å²) in [7, 11) is 0. The molecule has 2 aromatic heterocycles. The average Bonchev–Trinajstić information content (AvgIpc) is 3.10. The summed E-state index contributed by atoms with van der Waals surface area (Å²) in [5, 5.41) is 0.00847. The van der Waals surface area contributed by atoms with Crippen LogP contribution in [0.2, 0.25) is 5.02 Å². The maximum absolute atomic E-state index is 13.9. The normalized spacial score (nSPS) is 11.6. The van der Waals surface area contributed by atoms with Gasteiger partial charge in [0.1, 0.15) is 13.3 Å². The van der Waals surface area contributed by atoms with E-state index in [0.29, 0.717) is 4.90 Å². The fourth-order valence-corrected chi connectivity index (χ4v) is 3.31. The topological polar surface area (TPSA) is 68.4 Å². The molecule has 0 saturated heterocycles. The van der Waals surface area contributed by atoms with E-state index in [0.717, 1.165) is 18.0 Å². The molecule has 0 amide bonds. The van der Waals surface area contributed by atoms with Crippen LogP contribution in [-0.2, 0) is 0 Å². The summed E-state index contributed by atoms with van der Waals surface area (Å²) in [5.74, 6) is -3.24. The predicted octanol–water partition coefficient (Wildman–Crippen LogP) is 5.98. The van der Waals surface area contributed by atoms with Crippen molar-refractivity contribution in [1.82, 2.24) is 9.97 Å². The summed E-state index contributed by atoms with van der Waals surface area (Å²) in [4.78, 5) is 9.99. The van der Waals surface area contributed by atoms with Crippen LogP contribution < -0.4 is 19.1 Å². The number of H-pyrrole nitrogens is 1. The Morgan fingerprint density at radius 3 is 2.67 bits per heavy atom. The zero-order chi connectivity index (χ0) is 21.9. The average molecular weight is 474 g/mol. The van der Waals surface area contributed by atoms with E-state index < -0.39 is 42.8 Å². The molecular weight excluding hydrogens is 464 g/mol. The van der Waals surface area contributed by atoms with Crippen LogP contribution in [0.15, 0.2) is 29.3 Å². The van der Waals surface area contributed by atoms with Gasteiger partial charge in [-0.05, 0) is 24.1 Å². The molecule has 14 heteroatoms. The largest absolute Gasteiger partial charge is 0.573 e. The fraction of sp³-hybridized carbons (Fsp3) is 0.188. The molecule has 0 spiro atoms. The Labute approximate surface area is 173 Å². The highest BCUT2D eigenvalue weighted by molar-refractivity contribution is 8.00. The van der Waals surface area contributed by atoms with Gasteiger partial charge in [0.25, 0.3) is 5.95 Å². The van der Waals surface area contributed by atoms with Gasteiger partial charge in [-0.1, -0.05) is 11.6 Å². The molecule has 1 aromatic carbocycles. The van der Waals surface area contributed by atoms with Crippen molar-refractivity contribution in [2.24, 2.45) is 0 Å². The standard InChI is InChI=1S/C16H10ClF6N3O3S/c17-8-2-1-7-11(6-24-12(7)13(8)28-16(20,21)22)30-26-15-10(29-23)5-9(14(19)25-15)27-4-3-18/h1-2,5-6,24H,3-4H2,(H,25,26). The summed E-state index contributed by atoms with van der Waals surface area (Å²) in [5.41, 5.74) is -0.0415. The lowest BCUT2D eigenvalue weighted by atomic mass is 10.2. The van der Waals surface area contributed by atoms with Crippen molar-refractivity contribution >= 4 is 40.3 Å². The summed E-state index contributed by atoms with van der Waals surface area (Å²) in [6, 6.07) is 3.45. The first-order valence-corrected chi connectivity index (χ1v) is 9.09. The molecule has 0 unspecified atom stereocenters. The van der Waals surface area contributed by atoms with Gasteiger partial charge >= 0.3 is 6.36 Å². The maximum Gasteiger partial charge on any atom is 0.573 e. The predicted molar refractivity (Wildman–Crippen MR) is 96.9 cm³/mol. The van der Waals surface area contributed by atoms with Gasteiger partial charge in [0.05, 0.1) is 15.4 Å². The van der Waals surface area contributed by atoms with Crippen LogP contribution in [0, 0.1) is 5.95 Å². The molecule has 0 aliphatic heterocycles. The molecule has 0 fully saturated rings. The minimum absolute atomic E-state index is 0.0415. The van der Waals surface area contributed by atoms with E-state index in [1.165, 1.54) is 18.3 Å². The summed E-state index contributed by atoms with van der Waals surface area (Å²) in [6.45, 7) is -1.36. The monoisotopic (exact) mass is 473 g/mol. The van der Waals surface area contributed by atoms with Gasteiger partial charge < -0.3 is 19.2 Å². The molecule has 2 heterocycles. The van der Waals surface area contributed by atoms with Crippen molar-refractivity contribution in [2.75, 3.05) is 18.0 Å². The highest BCUT2D eigenvalue weighted by Gasteiger charge is 2.33. The second-order valence-electron chi connectivity index (χ2n) is 5.44. The van der Waals surface area contributed by atoms with Crippen molar-refractivity contribution in [2.45, 2.75) is 11.3 Å². The number of hydrogen-bond acceptors (Lipinski definition) is 6. The fourth-order valence-electron chi connectivity index (χ4n) is 2.36. The number of aromatic nitrogens is 2. The van der Waals surface area contributed by atoms with Gasteiger partial charge in [-0.15, -0.1) is 13.2 Å². The lowest BCUT2D eigenvalue weighted by Gasteiger charge is -2.12. The van der Waals surface area contributed by atoms with E-state index >= 15 is 0 Å². The molecule has 0 bridgehead atoms. The quantitative estimate of drug-likeness (QED) is 0.238. The van der Waals surface area contributed by atoms with Gasteiger partial charge in [0.2, 0.25) is 5.75 Å². The summed E-state index contributed by atoms with van der Waals surface area (Å²) < 4.78 is 88.0. The molecular formula is C16H10ClF6N3O3S. The number of nitrogens with one attached hydrogen (secondary N) is 2. The lowest BCUT2D eigenvalue weighted by molar-refractivity contribution is -0.274. The minimum atomic E-state index is -4.96. The Kier molecular flexibility index (Phi) is 6.61. The first-order chi connectivity index (χ1) is 14.2. The number of aromatic amines is 1. The van der Waals surface area contributed by atoms with Crippen molar-refractivity contribution in [3.63, 3.8) is 0 Å². The SMILES string of the molecule is FCCOc1cc(OF)c(NSc2c[nH]c3c(OC(F)(F)F)c(Cl)ccc23)nc1F. The van der Waals surface area contributed by atoms with Crippen molar-refractivity contribution in [3.05, 3.63) is 35.4 Å². The number of fused-ring (bicyclic) bond motifs is 1. The molecule has 30 heavy (non-hydrogen) atoms. The Bertz CT molecular complexity index is 1050. The molecule has 0 radical (unpaired) electrons. The number of halogens is 7. The molecule has 0 aliphatic carbocycles. The number of rotatable bonds is 8. The Morgan fingerprint density at radius 2 is 2.00 bits per heavy atom. The number of alkyl halides is 4. The van der Waals surface area contributed by atoms with Crippen LogP contribution in [0.3, 0.4) is 0 Å². The number of anilines is 1. The molecule has 6 nitrogen and oxygen atoms in total. The number of nitrogens with zero attached hydrogens (tertiary/aromatic N) is 1. The molecule has 3 rings (SSSR count). The van der Waals surface area contributed by atoms with E-state index in [4.69, 9.17) is 16.3 Å². The van der Waals surface area contributed by atoms with Gasteiger partial charge in [-0.3, -0.25) is 4.94 Å². The van der Waals surface area contributed by atoms with E-state index in [2.05, 4.69) is 24.4 Å². The molecule has 0 aliphatic rings. The van der Waals surface area contributed by atoms with Gasteiger partial charge in [0.15, 0.2) is 17.3 Å². The van der Waals surface area contributed by atoms with Gasteiger partial charge in [-0.25, -0.2) is 4.39 Å². The molecule has 2 N–H and O–H groups in total. The number of benzene rings is 1. The Morgan fingerprint density at radius 1 is 1.23 bits per heavy atom. The lowest BCUT2D eigenvalue weighted by Crippen LogP contribution is -2.17. The molecule has 0 atom stereocenters. The third kappa shape index (κ3) is 4.90. The number of pyridine rings is 1. The Balaban J connectivity index is 1.86. The van der Waals surface area contributed by atoms with Crippen LogP contribution >= 0.6 is 23.5 Å². The van der Waals surface area contributed by atoms with E-state index in [-0.39, 0.29) is 21.7 Å². The number of ether oxygens (including phenoxy) is 2. The van der Waals surface area contributed by atoms with Crippen LogP contribution in [0.4, 0.5) is 32.3 Å². The van der Waals surface area contributed by atoms with Crippen molar-refractivity contribution in [3.8, 4) is 17.2 Å². The van der Waals surface area contributed by atoms with Crippen molar-refractivity contribution in [1.29, 1.82) is 0 Å². The van der Waals surface area contributed by atoms with E-state index in [1.807, 2.05) is 0 Å².